The summed E-state index contributed by atoms with van der Waals surface area (Å²) in [6.45, 7) is 1.90. The van der Waals surface area contributed by atoms with E-state index in [1.807, 2.05) is 36.0 Å². The van der Waals surface area contributed by atoms with Crippen molar-refractivity contribution >= 4 is 29.2 Å². The van der Waals surface area contributed by atoms with Crippen LogP contribution in [0.1, 0.15) is 48.4 Å². The highest BCUT2D eigenvalue weighted by Gasteiger charge is 2.22. The van der Waals surface area contributed by atoms with Gasteiger partial charge in [0, 0.05) is 53.4 Å². The minimum Gasteiger partial charge on any atom is -0.484 e. The Bertz CT molecular complexity index is 1260. The Morgan fingerprint density at radius 2 is 1.84 bits per heavy atom. The topological polar surface area (TPSA) is 100 Å². The predicted molar refractivity (Wildman–Crippen MR) is 147 cm³/mol. The normalized spacial score (nSPS) is 17.6. The third-order valence-corrected chi connectivity index (χ3v) is 8.20. The molecule has 3 aromatic rings. The number of amides is 1. The highest BCUT2D eigenvalue weighted by Crippen LogP contribution is 2.36. The average Bonchev–Trinajstić information content (AvgIpc) is 3.71. The summed E-state index contributed by atoms with van der Waals surface area (Å²) in [7, 11) is 0. The summed E-state index contributed by atoms with van der Waals surface area (Å²) in [6.07, 6.45) is 4.49. The third kappa shape index (κ3) is 5.74. The summed E-state index contributed by atoms with van der Waals surface area (Å²) in [5.74, 6) is 4.34. The van der Waals surface area contributed by atoms with Crippen molar-refractivity contribution in [3.8, 4) is 17.1 Å². The Balaban J connectivity index is 1.17. The number of ether oxygens (including phenoxy) is 1. The molecule has 4 N–H and O–H groups in total. The van der Waals surface area contributed by atoms with Crippen molar-refractivity contribution in [2.24, 2.45) is 0 Å². The number of hydrazine groups is 1. The first kappa shape index (κ1) is 24.2. The van der Waals surface area contributed by atoms with Gasteiger partial charge >= 0.3 is 0 Å². The number of benzene rings is 2. The molecule has 2 aliphatic heterocycles. The van der Waals surface area contributed by atoms with Crippen LogP contribution in [0.4, 0.5) is 11.5 Å². The molecule has 1 aliphatic carbocycles. The number of hydrogen-bond donors (Lipinski definition) is 4. The number of anilines is 2. The van der Waals surface area contributed by atoms with Gasteiger partial charge in [-0.3, -0.25) is 15.6 Å². The van der Waals surface area contributed by atoms with Gasteiger partial charge in [0.15, 0.2) is 12.4 Å². The summed E-state index contributed by atoms with van der Waals surface area (Å²) < 4.78 is 5.82. The van der Waals surface area contributed by atoms with Crippen molar-refractivity contribution in [3.63, 3.8) is 0 Å². The maximum Gasteiger partial charge on any atom is 0.258 e. The molecule has 0 bridgehead atoms. The van der Waals surface area contributed by atoms with Gasteiger partial charge in [0.1, 0.15) is 11.6 Å². The number of carbonyl (C=O) groups is 1. The van der Waals surface area contributed by atoms with E-state index in [-0.39, 0.29) is 12.5 Å². The minimum absolute atomic E-state index is 0.0113. The fourth-order valence-corrected chi connectivity index (χ4v) is 6.21. The maximum atomic E-state index is 12.3. The Hall–Kier alpha value is -3.14. The van der Waals surface area contributed by atoms with E-state index in [4.69, 9.17) is 14.7 Å². The van der Waals surface area contributed by atoms with Crippen LogP contribution >= 0.6 is 11.8 Å². The van der Waals surface area contributed by atoms with Crippen LogP contribution in [-0.4, -0.2) is 41.6 Å². The van der Waals surface area contributed by atoms with E-state index in [0.717, 1.165) is 65.8 Å². The molecule has 6 rings (SSSR count). The van der Waals surface area contributed by atoms with E-state index < -0.39 is 0 Å². The second kappa shape index (κ2) is 11.1. The summed E-state index contributed by atoms with van der Waals surface area (Å²) >= 11 is 1.85. The van der Waals surface area contributed by atoms with Gasteiger partial charge < -0.3 is 15.4 Å². The number of carbonyl (C=O) groups excluding carboxylic acids is 1. The average molecular weight is 517 g/mol. The second-order valence-corrected chi connectivity index (χ2v) is 10.9. The molecular formula is C28H32N6O2S. The van der Waals surface area contributed by atoms with E-state index >= 15 is 0 Å². The number of nitrogens with one attached hydrogen (secondary N) is 4. The number of thioether (sulfide) groups is 1. The van der Waals surface area contributed by atoms with Crippen molar-refractivity contribution in [1.29, 1.82) is 0 Å². The van der Waals surface area contributed by atoms with Gasteiger partial charge in [0.25, 0.3) is 5.91 Å². The molecule has 0 atom stereocenters. The van der Waals surface area contributed by atoms with Crippen molar-refractivity contribution in [2.45, 2.75) is 49.1 Å². The van der Waals surface area contributed by atoms with E-state index in [2.05, 4.69) is 45.8 Å². The van der Waals surface area contributed by atoms with E-state index in [9.17, 15) is 4.79 Å². The maximum absolute atomic E-state index is 12.3. The van der Waals surface area contributed by atoms with Gasteiger partial charge in [-0.15, -0.1) is 0 Å². The first-order chi connectivity index (χ1) is 18.2. The van der Waals surface area contributed by atoms with Gasteiger partial charge in [-0.05, 0) is 42.7 Å². The molecule has 1 saturated carbocycles. The molecule has 192 valence electrons. The number of aromatic nitrogens is 2. The van der Waals surface area contributed by atoms with Crippen LogP contribution in [0, 0.1) is 0 Å². The monoisotopic (exact) mass is 516 g/mol. The quantitative estimate of drug-likeness (QED) is 0.352. The smallest absolute Gasteiger partial charge is 0.258 e. The van der Waals surface area contributed by atoms with Crippen LogP contribution in [-0.2, 0) is 16.3 Å². The van der Waals surface area contributed by atoms with Crippen LogP contribution in [0.25, 0.3) is 11.4 Å². The Morgan fingerprint density at radius 1 is 1.03 bits per heavy atom. The lowest BCUT2D eigenvalue weighted by Crippen LogP contribution is -2.36. The Kier molecular flexibility index (Phi) is 7.25. The lowest BCUT2D eigenvalue weighted by atomic mass is 10.0. The molecule has 0 spiro atoms. The molecule has 9 heteroatoms. The van der Waals surface area contributed by atoms with E-state index in [1.54, 1.807) is 0 Å². The van der Waals surface area contributed by atoms with Gasteiger partial charge in [0.05, 0.1) is 5.69 Å². The van der Waals surface area contributed by atoms with Crippen LogP contribution in [0.3, 0.4) is 0 Å². The minimum atomic E-state index is -0.0685. The lowest BCUT2D eigenvalue weighted by molar-refractivity contribution is -0.123. The van der Waals surface area contributed by atoms with Crippen molar-refractivity contribution in [2.75, 3.05) is 25.0 Å². The molecule has 1 saturated heterocycles. The first-order valence-electron chi connectivity index (χ1n) is 13.0. The van der Waals surface area contributed by atoms with Crippen LogP contribution in [0.5, 0.6) is 5.75 Å². The second-order valence-electron chi connectivity index (χ2n) is 9.89. The zero-order valence-electron chi connectivity index (χ0n) is 20.8. The standard InChI is InChI=1S/C28H32N6O2S/c35-26(31-21-5-1-2-6-21)15-36-23-7-3-4-19(12-23)27-33-25-17-37-16-24(25)28(34-27)32-22-10-8-18(9-11-22)20-13-29-30-14-20/h3-4,7-12,20-21,29-30H,1-2,5-6,13-17H2,(H,31,35)(H,32,33,34). The first-order valence-corrected chi connectivity index (χ1v) is 14.2. The number of hydrogen-bond acceptors (Lipinski definition) is 8. The van der Waals surface area contributed by atoms with Gasteiger partial charge in [0.2, 0.25) is 0 Å². The summed E-state index contributed by atoms with van der Waals surface area (Å²) in [5.41, 5.74) is 11.8. The van der Waals surface area contributed by atoms with Gasteiger partial charge in [-0.1, -0.05) is 37.1 Å². The number of rotatable bonds is 8. The fraction of sp³-hybridized carbons (Fsp3) is 0.393. The molecule has 2 aromatic carbocycles. The van der Waals surface area contributed by atoms with E-state index in [0.29, 0.717) is 23.5 Å². The number of nitrogens with zero attached hydrogens (tertiary/aromatic N) is 2. The highest BCUT2D eigenvalue weighted by molar-refractivity contribution is 7.98. The summed E-state index contributed by atoms with van der Waals surface area (Å²) in [6, 6.07) is 16.6. The fourth-order valence-electron chi connectivity index (χ4n) is 5.17. The molecule has 37 heavy (non-hydrogen) atoms. The largest absolute Gasteiger partial charge is 0.484 e. The predicted octanol–water partition coefficient (Wildman–Crippen LogP) is 4.26. The van der Waals surface area contributed by atoms with Gasteiger partial charge in [-0.2, -0.15) is 11.8 Å². The highest BCUT2D eigenvalue weighted by atomic mass is 32.2. The molecule has 2 fully saturated rings. The Labute approximate surface area is 221 Å². The number of fused-ring (bicyclic) bond motifs is 1. The van der Waals surface area contributed by atoms with Crippen molar-refractivity contribution < 1.29 is 9.53 Å². The summed E-state index contributed by atoms with van der Waals surface area (Å²) in [5, 5.41) is 6.61. The molecule has 3 aliphatic rings. The summed E-state index contributed by atoms with van der Waals surface area (Å²) in [4.78, 5) is 22.1. The lowest BCUT2D eigenvalue weighted by Gasteiger charge is -2.14. The Morgan fingerprint density at radius 3 is 2.65 bits per heavy atom. The van der Waals surface area contributed by atoms with Gasteiger partial charge in [-0.25, -0.2) is 9.97 Å². The zero-order valence-corrected chi connectivity index (χ0v) is 21.6. The van der Waals surface area contributed by atoms with Crippen molar-refractivity contribution in [1.82, 2.24) is 26.1 Å². The third-order valence-electron chi connectivity index (χ3n) is 7.23. The van der Waals surface area contributed by atoms with Crippen LogP contribution < -0.4 is 26.2 Å². The molecule has 1 aromatic heterocycles. The molecular weight excluding hydrogens is 484 g/mol. The zero-order chi connectivity index (χ0) is 25.0. The van der Waals surface area contributed by atoms with Crippen molar-refractivity contribution in [3.05, 3.63) is 65.4 Å². The molecule has 3 heterocycles. The molecule has 8 nitrogen and oxygen atoms in total. The molecule has 0 radical (unpaired) electrons. The van der Waals surface area contributed by atoms with E-state index in [1.165, 1.54) is 18.4 Å². The van der Waals surface area contributed by atoms with Crippen LogP contribution in [0.15, 0.2) is 48.5 Å². The SMILES string of the molecule is O=C(COc1cccc(-c2nc3c(c(Nc4ccc(C5CNNC5)cc4)n2)CSC3)c1)NC1CCCC1. The van der Waals surface area contributed by atoms with Crippen LogP contribution in [0.2, 0.25) is 0 Å². The molecule has 0 unspecified atom stereocenters. The molecule has 1 amide bonds.